The molecular formula is C23H24BrNO6. The number of aliphatic hydroxyl groups is 1. The van der Waals surface area contributed by atoms with Gasteiger partial charge in [0.1, 0.15) is 11.5 Å². The van der Waals surface area contributed by atoms with Crippen LogP contribution in [0.25, 0.3) is 5.76 Å². The predicted octanol–water partition coefficient (Wildman–Crippen LogP) is 4.39. The summed E-state index contributed by atoms with van der Waals surface area (Å²) in [6.45, 7) is 2.33. The third-order valence-electron chi connectivity index (χ3n) is 5.24. The molecule has 1 fully saturated rings. The minimum Gasteiger partial charge on any atom is -0.507 e. The molecule has 31 heavy (non-hydrogen) atoms. The van der Waals surface area contributed by atoms with Crippen molar-refractivity contribution >= 4 is 33.4 Å². The number of hydrogen-bond donors (Lipinski definition) is 2. The van der Waals surface area contributed by atoms with Crippen LogP contribution in [0.4, 0.5) is 0 Å². The van der Waals surface area contributed by atoms with E-state index in [1.807, 2.05) is 6.92 Å². The number of methoxy groups -OCH3 is 2. The van der Waals surface area contributed by atoms with Crippen molar-refractivity contribution in [1.82, 2.24) is 4.90 Å². The van der Waals surface area contributed by atoms with Gasteiger partial charge in [-0.2, -0.15) is 0 Å². The van der Waals surface area contributed by atoms with Gasteiger partial charge >= 0.3 is 0 Å². The second kappa shape index (κ2) is 9.43. The Labute approximate surface area is 189 Å². The van der Waals surface area contributed by atoms with Crippen molar-refractivity contribution in [2.24, 2.45) is 0 Å². The highest BCUT2D eigenvalue weighted by atomic mass is 79.9. The number of ketones is 1. The maximum atomic E-state index is 13.0. The van der Waals surface area contributed by atoms with Crippen molar-refractivity contribution in [2.75, 3.05) is 20.8 Å². The molecule has 1 heterocycles. The number of nitrogens with zero attached hydrogens (tertiary/aromatic N) is 1. The van der Waals surface area contributed by atoms with Crippen LogP contribution in [0.2, 0.25) is 0 Å². The second-order valence-electron chi connectivity index (χ2n) is 7.13. The number of unbranched alkanes of at least 4 members (excludes halogenated alkanes) is 1. The molecule has 3 rings (SSSR count). The zero-order chi connectivity index (χ0) is 22.7. The van der Waals surface area contributed by atoms with E-state index in [2.05, 4.69) is 15.9 Å². The Hall–Kier alpha value is -3.00. The largest absolute Gasteiger partial charge is 0.507 e. The lowest BCUT2D eigenvalue weighted by Crippen LogP contribution is -2.30. The molecule has 0 aliphatic carbocycles. The van der Waals surface area contributed by atoms with Crippen LogP contribution in [-0.2, 0) is 9.59 Å². The van der Waals surface area contributed by atoms with Crippen LogP contribution in [0, 0.1) is 0 Å². The van der Waals surface area contributed by atoms with Crippen molar-refractivity contribution < 1.29 is 29.3 Å². The van der Waals surface area contributed by atoms with E-state index in [9.17, 15) is 19.8 Å². The summed E-state index contributed by atoms with van der Waals surface area (Å²) in [4.78, 5) is 27.2. The maximum Gasteiger partial charge on any atom is 0.295 e. The Morgan fingerprint density at radius 2 is 1.77 bits per heavy atom. The normalized spacial score (nSPS) is 17.8. The Kier molecular flexibility index (Phi) is 6.90. The summed E-state index contributed by atoms with van der Waals surface area (Å²) in [5.74, 6) is -1.01. The van der Waals surface area contributed by atoms with Gasteiger partial charge in [0.05, 0.1) is 30.3 Å². The van der Waals surface area contributed by atoms with Crippen LogP contribution in [0.3, 0.4) is 0 Å². The number of carbonyl (C=O) groups is 2. The molecule has 0 spiro atoms. The SMILES string of the molecule is CCCCN1C(=O)C(=O)/C(=C(\O)c2ccc(OC)c(Br)c2)C1c1ccc(OC)c(O)c1. The van der Waals surface area contributed by atoms with Gasteiger partial charge in [0.2, 0.25) is 0 Å². The molecule has 1 amide bonds. The lowest BCUT2D eigenvalue weighted by molar-refractivity contribution is -0.139. The van der Waals surface area contributed by atoms with Crippen LogP contribution in [0.1, 0.15) is 36.9 Å². The van der Waals surface area contributed by atoms with E-state index in [0.29, 0.717) is 34.3 Å². The fraction of sp³-hybridized carbons (Fsp3) is 0.304. The Morgan fingerprint density at radius 1 is 1.10 bits per heavy atom. The quantitative estimate of drug-likeness (QED) is 0.340. The fourth-order valence-corrected chi connectivity index (χ4v) is 4.17. The van der Waals surface area contributed by atoms with E-state index in [1.165, 1.54) is 25.2 Å². The van der Waals surface area contributed by atoms with E-state index < -0.39 is 17.7 Å². The topological polar surface area (TPSA) is 96.3 Å². The average Bonchev–Trinajstić information content (AvgIpc) is 3.01. The molecule has 7 nitrogen and oxygen atoms in total. The van der Waals surface area contributed by atoms with Crippen molar-refractivity contribution in [3.05, 3.63) is 57.6 Å². The predicted molar refractivity (Wildman–Crippen MR) is 119 cm³/mol. The molecule has 2 aromatic carbocycles. The first-order chi connectivity index (χ1) is 14.8. The number of benzene rings is 2. The maximum absolute atomic E-state index is 13.0. The molecule has 1 saturated heterocycles. The van der Waals surface area contributed by atoms with Crippen LogP contribution in [-0.4, -0.2) is 47.6 Å². The number of likely N-dealkylation sites (tertiary alicyclic amines) is 1. The molecule has 1 atom stereocenters. The average molecular weight is 490 g/mol. The molecule has 0 saturated carbocycles. The molecule has 0 bridgehead atoms. The number of aliphatic hydroxyl groups excluding tert-OH is 1. The molecule has 164 valence electrons. The lowest BCUT2D eigenvalue weighted by Gasteiger charge is -2.25. The van der Waals surface area contributed by atoms with Gasteiger partial charge in [-0.05, 0) is 58.2 Å². The third-order valence-corrected chi connectivity index (χ3v) is 5.86. The summed E-state index contributed by atoms with van der Waals surface area (Å²) >= 11 is 3.37. The number of carbonyl (C=O) groups excluding carboxylic acids is 2. The second-order valence-corrected chi connectivity index (χ2v) is 7.98. The van der Waals surface area contributed by atoms with Crippen LogP contribution in [0.15, 0.2) is 46.4 Å². The van der Waals surface area contributed by atoms with Crippen molar-refractivity contribution in [3.63, 3.8) is 0 Å². The van der Waals surface area contributed by atoms with Crippen molar-refractivity contribution in [3.8, 4) is 17.2 Å². The number of Topliss-reactive ketones (excluding diaryl/α,β-unsaturated/α-hetero) is 1. The monoisotopic (exact) mass is 489 g/mol. The molecule has 8 heteroatoms. The first-order valence-electron chi connectivity index (χ1n) is 9.83. The minimum absolute atomic E-state index is 0.0252. The molecule has 2 N–H and O–H groups in total. The molecule has 1 unspecified atom stereocenters. The third kappa shape index (κ3) is 4.25. The highest BCUT2D eigenvalue weighted by molar-refractivity contribution is 9.10. The number of aromatic hydroxyl groups is 1. The number of phenolic OH excluding ortho intramolecular Hbond substituents is 1. The smallest absolute Gasteiger partial charge is 0.295 e. The standard InChI is InChI=1S/C23H24BrNO6/c1-4-5-10-25-20(13-6-9-18(31-3)16(26)12-13)19(22(28)23(25)29)21(27)14-7-8-17(30-2)15(24)11-14/h6-9,11-12,20,26-27H,4-5,10H2,1-3H3/b21-19-. The summed E-state index contributed by atoms with van der Waals surface area (Å²) in [5.41, 5.74) is 0.842. The van der Waals surface area contributed by atoms with E-state index in [1.54, 1.807) is 30.3 Å². The van der Waals surface area contributed by atoms with Gasteiger partial charge < -0.3 is 24.6 Å². The van der Waals surface area contributed by atoms with E-state index >= 15 is 0 Å². The zero-order valence-corrected chi connectivity index (χ0v) is 19.1. The summed E-state index contributed by atoms with van der Waals surface area (Å²) in [7, 11) is 2.96. The summed E-state index contributed by atoms with van der Waals surface area (Å²) < 4.78 is 10.9. The van der Waals surface area contributed by atoms with Crippen LogP contribution < -0.4 is 9.47 Å². The molecule has 0 radical (unpaired) electrons. The van der Waals surface area contributed by atoms with E-state index in [4.69, 9.17) is 9.47 Å². The first kappa shape index (κ1) is 22.7. The van der Waals surface area contributed by atoms with Crippen molar-refractivity contribution in [1.29, 1.82) is 0 Å². The molecule has 2 aromatic rings. The van der Waals surface area contributed by atoms with Gasteiger partial charge in [0.25, 0.3) is 11.7 Å². The number of amides is 1. The number of phenols is 1. The zero-order valence-electron chi connectivity index (χ0n) is 17.5. The van der Waals surface area contributed by atoms with Crippen LogP contribution in [0.5, 0.6) is 17.2 Å². The Balaban J connectivity index is 2.18. The molecular weight excluding hydrogens is 466 g/mol. The van der Waals surface area contributed by atoms with Gasteiger partial charge in [-0.25, -0.2) is 0 Å². The number of hydrogen-bond acceptors (Lipinski definition) is 6. The molecule has 1 aliphatic heterocycles. The number of halogens is 1. The number of rotatable bonds is 7. The van der Waals surface area contributed by atoms with Gasteiger partial charge in [0.15, 0.2) is 11.5 Å². The summed E-state index contributed by atoms with van der Waals surface area (Å²) in [6.07, 6.45) is 1.52. The van der Waals surface area contributed by atoms with E-state index in [0.717, 1.165) is 6.42 Å². The lowest BCUT2D eigenvalue weighted by atomic mass is 9.95. The molecule has 0 aromatic heterocycles. The highest BCUT2D eigenvalue weighted by Gasteiger charge is 2.46. The van der Waals surface area contributed by atoms with E-state index in [-0.39, 0.29) is 22.8 Å². The van der Waals surface area contributed by atoms with Crippen LogP contribution >= 0.6 is 15.9 Å². The van der Waals surface area contributed by atoms with Gasteiger partial charge in [-0.3, -0.25) is 9.59 Å². The molecule has 1 aliphatic rings. The minimum atomic E-state index is -0.829. The Bertz CT molecular complexity index is 1050. The van der Waals surface area contributed by atoms with Crippen molar-refractivity contribution in [2.45, 2.75) is 25.8 Å². The highest BCUT2D eigenvalue weighted by Crippen LogP contribution is 2.42. The van der Waals surface area contributed by atoms with Gasteiger partial charge in [0, 0.05) is 12.1 Å². The first-order valence-corrected chi connectivity index (χ1v) is 10.6. The summed E-state index contributed by atoms with van der Waals surface area (Å²) in [6, 6.07) is 8.74. The fourth-order valence-electron chi connectivity index (χ4n) is 3.63. The number of ether oxygens (including phenoxy) is 2. The van der Waals surface area contributed by atoms with Gasteiger partial charge in [-0.1, -0.05) is 19.4 Å². The van der Waals surface area contributed by atoms with Gasteiger partial charge in [-0.15, -0.1) is 0 Å². The summed E-state index contributed by atoms with van der Waals surface area (Å²) in [5, 5.41) is 21.3. The Morgan fingerprint density at radius 3 is 2.35 bits per heavy atom.